The van der Waals surface area contributed by atoms with E-state index in [1.807, 2.05) is 0 Å². The molecule has 0 aromatic heterocycles. The van der Waals surface area contributed by atoms with Gasteiger partial charge in [-0.1, -0.05) is 43.3 Å². The molecule has 0 fully saturated rings. The fourth-order valence-electron chi connectivity index (χ4n) is 1.72. The van der Waals surface area contributed by atoms with Gasteiger partial charge in [0, 0.05) is 16.6 Å². The van der Waals surface area contributed by atoms with E-state index in [-0.39, 0.29) is 5.54 Å². The fraction of sp³-hybridized carbons (Fsp3) is 0.818. The maximum Gasteiger partial charge on any atom is 0.0270 e. The van der Waals surface area contributed by atoms with Crippen molar-refractivity contribution in [2.45, 2.75) is 46.6 Å². The smallest absolute Gasteiger partial charge is 0.0270 e. The molecule has 1 N–H and O–H groups in total. The lowest BCUT2D eigenvalue weighted by Gasteiger charge is -2.33. The van der Waals surface area contributed by atoms with Crippen LogP contribution in [0, 0.1) is 5.41 Å². The summed E-state index contributed by atoms with van der Waals surface area (Å²) in [5.74, 6) is 0. The normalized spacial score (nSPS) is 13.1. The summed E-state index contributed by atoms with van der Waals surface area (Å²) in [6.45, 7) is 15.9. The van der Waals surface area contributed by atoms with Crippen LogP contribution in [-0.4, -0.2) is 12.1 Å². The first-order chi connectivity index (χ1) is 5.62. The minimum absolute atomic E-state index is 0.176. The maximum absolute atomic E-state index is 3.81. The summed E-state index contributed by atoms with van der Waals surface area (Å²) in [5.41, 5.74) is 0.541. The molecule has 0 bridgehead atoms. The van der Waals surface area contributed by atoms with Crippen molar-refractivity contribution in [1.29, 1.82) is 0 Å². The van der Waals surface area contributed by atoms with Crippen LogP contribution in [0.25, 0.3) is 0 Å². The molecule has 13 heavy (non-hydrogen) atoms. The molecule has 1 nitrogen and oxygen atoms in total. The number of nitrogens with one attached hydrogen (secondary N) is 1. The number of rotatable bonds is 4. The van der Waals surface area contributed by atoms with Gasteiger partial charge in [-0.3, -0.25) is 0 Å². The Balaban J connectivity index is 4.01. The van der Waals surface area contributed by atoms with Gasteiger partial charge in [0.1, 0.15) is 0 Å². The molecule has 0 atom stereocenters. The first kappa shape index (κ1) is 13.2. The second-order valence-electron chi connectivity index (χ2n) is 5.49. The van der Waals surface area contributed by atoms with Crippen molar-refractivity contribution in [1.82, 2.24) is 5.32 Å². The van der Waals surface area contributed by atoms with Crippen LogP contribution in [0.2, 0.25) is 0 Å². The highest BCUT2D eigenvalue weighted by Gasteiger charge is 2.24. The lowest BCUT2D eigenvalue weighted by molar-refractivity contribution is 0.248. The van der Waals surface area contributed by atoms with Crippen molar-refractivity contribution in [2.24, 2.45) is 5.41 Å². The molecule has 0 saturated carbocycles. The van der Waals surface area contributed by atoms with Crippen LogP contribution < -0.4 is 5.32 Å². The lowest BCUT2D eigenvalue weighted by Crippen LogP contribution is -2.42. The second-order valence-corrected chi connectivity index (χ2v) is 6.61. The van der Waals surface area contributed by atoms with E-state index >= 15 is 0 Å². The van der Waals surface area contributed by atoms with Crippen molar-refractivity contribution in [3.63, 3.8) is 0 Å². The van der Waals surface area contributed by atoms with Crippen molar-refractivity contribution in [3.05, 3.63) is 11.1 Å². The SMILES string of the molecule is C=C(Br)CNC(C)(C)CC(C)(C)C. The van der Waals surface area contributed by atoms with E-state index in [1.54, 1.807) is 0 Å². The van der Waals surface area contributed by atoms with Gasteiger partial charge in [0.2, 0.25) is 0 Å². The van der Waals surface area contributed by atoms with E-state index in [4.69, 9.17) is 0 Å². The van der Waals surface area contributed by atoms with Crippen molar-refractivity contribution in [2.75, 3.05) is 6.54 Å². The minimum Gasteiger partial charge on any atom is -0.307 e. The molecule has 0 aliphatic heterocycles. The predicted octanol–water partition coefficient (Wildman–Crippen LogP) is 3.70. The molecule has 0 amide bonds. The van der Waals surface area contributed by atoms with E-state index in [9.17, 15) is 0 Å². The summed E-state index contributed by atoms with van der Waals surface area (Å²) < 4.78 is 1.01. The second kappa shape index (κ2) is 4.61. The van der Waals surface area contributed by atoms with E-state index in [2.05, 4.69) is 62.4 Å². The van der Waals surface area contributed by atoms with Gasteiger partial charge in [-0.25, -0.2) is 0 Å². The molecule has 0 unspecified atom stereocenters. The zero-order valence-electron chi connectivity index (χ0n) is 9.50. The molecule has 0 aromatic carbocycles. The summed E-state index contributed by atoms with van der Waals surface area (Å²) in [4.78, 5) is 0. The standard InChI is InChI=1S/C11H22BrN/c1-9(12)7-13-11(5,6)8-10(2,3)4/h13H,1,7-8H2,2-6H3. The first-order valence-electron chi connectivity index (χ1n) is 4.71. The number of hydrogen-bond acceptors (Lipinski definition) is 1. The molecule has 0 saturated heterocycles. The zero-order chi connectivity index (χ0) is 10.7. The largest absolute Gasteiger partial charge is 0.307 e. The molecule has 0 heterocycles. The van der Waals surface area contributed by atoms with Gasteiger partial charge < -0.3 is 5.32 Å². The van der Waals surface area contributed by atoms with E-state index in [1.165, 1.54) is 0 Å². The Morgan fingerprint density at radius 3 is 2.00 bits per heavy atom. The first-order valence-corrected chi connectivity index (χ1v) is 5.50. The summed E-state index contributed by atoms with van der Waals surface area (Å²) in [6.07, 6.45) is 1.15. The molecule has 0 rings (SSSR count). The van der Waals surface area contributed by atoms with Crippen LogP contribution in [-0.2, 0) is 0 Å². The number of halogens is 1. The average molecular weight is 248 g/mol. The Morgan fingerprint density at radius 1 is 1.23 bits per heavy atom. The third-order valence-corrected chi connectivity index (χ3v) is 2.01. The monoisotopic (exact) mass is 247 g/mol. The van der Waals surface area contributed by atoms with Crippen LogP contribution in [0.3, 0.4) is 0 Å². The topological polar surface area (TPSA) is 12.0 Å². The molecular weight excluding hydrogens is 226 g/mol. The molecule has 0 aromatic rings. The van der Waals surface area contributed by atoms with Gasteiger partial charge >= 0.3 is 0 Å². The molecule has 2 heteroatoms. The predicted molar refractivity (Wildman–Crippen MR) is 64.2 cm³/mol. The summed E-state index contributed by atoms with van der Waals surface area (Å²) in [7, 11) is 0. The Morgan fingerprint density at radius 2 is 1.69 bits per heavy atom. The molecule has 0 radical (unpaired) electrons. The van der Waals surface area contributed by atoms with Crippen LogP contribution in [0.1, 0.15) is 41.0 Å². The summed E-state index contributed by atoms with van der Waals surface area (Å²) >= 11 is 3.35. The zero-order valence-corrected chi connectivity index (χ0v) is 11.1. The Labute approximate surface area is 91.1 Å². The highest BCUT2D eigenvalue weighted by molar-refractivity contribution is 9.11. The van der Waals surface area contributed by atoms with Gasteiger partial charge in [-0.15, -0.1) is 0 Å². The molecule has 0 spiro atoms. The minimum atomic E-state index is 0.176. The third kappa shape index (κ3) is 8.51. The highest BCUT2D eigenvalue weighted by atomic mass is 79.9. The van der Waals surface area contributed by atoms with Crippen molar-refractivity contribution in [3.8, 4) is 0 Å². The summed E-state index contributed by atoms with van der Waals surface area (Å²) in [5, 5.41) is 3.47. The van der Waals surface area contributed by atoms with Crippen LogP contribution >= 0.6 is 15.9 Å². The van der Waals surface area contributed by atoms with Crippen LogP contribution in [0.15, 0.2) is 11.1 Å². The third-order valence-electron chi connectivity index (χ3n) is 1.73. The van der Waals surface area contributed by atoms with Gasteiger partial charge in [0.15, 0.2) is 0 Å². The molecule has 0 aliphatic rings. The Hall–Kier alpha value is 0.180. The van der Waals surface area contributed by atoms with Gasteiger partial charge in [-0.05, 0) is 25.7 Å². The Bertz CT molecular complexity index is 177. The van der Waals surface area contributed by atoms with E-state index in [0.717, 1.165) is 17.4 Å². The average Bonchev–Trinajstić information content (AvgIpc) is 1.78. The van der Waals surface area contributed by atoms with Crippen molar-refractivity contribution < 1.29 is 0 Å². The van der Waals surface area contributed by atoms with Crippen LogP contribution in [0.4, 0.5) is 0 Å². The lowest BCUT2D eigenvalue weighted by atomic mass is 9.82. The maximum atomic E-state index is 3.81. The summed E-state index contributed by atoms with van der Waals surface area (Å²) in [6, 6.07) is 0. The van der Waals surface area contributed by atoms with E-state index in [0.29, 0.717) is 5.41 Å². The van der Waals surface area contributed by atoms with Gasteiger partial charge in [-0.2, -0.15) is 0 Å². The molecule has 0 aliphatic carbocycles. The van der Waals surface area contributed by atoms with Crippen molar-refractivity contribution >= 4 is 15.9 Å². The van der Waals surface area contributed by atoms with Gasteiger partial charge in [0.25, 0.3) is 0 Å². The fourth-order valence-corrected chi connectivity index (χ4v) is 1.86. The van der Waals surface area contributed by atoms with Crippen LogP contribution in [0.5, 0.6) is 0 Å². The van der Waals surface area contributed by atoms with E-state index < -0.39 is 0 Å². The number of hydrogen-bond donors (Lipinski definition) is 1. The molecule has 78 valence electrons. The van der Waals surface area contributed by atoms with Gasteiger partial charge in [0.05, 0.1) is 0 Å². The Kier molecular flexibility index (Phi) is 4.67. The molecular formula is C11H22BrN. The quantitative estimate of drug-likeness (QED) is 0.799. The highest BCUT2D eigenvalue weighted by Crippen LogP contribution is 2.26.